The predicted molar refractivity (Wildman–Crippen MR) is 95.7 cm³/mol. The van der Waals surface area contributed by atoms with Gasteiger partial charge in [-0.15, -0.1) is 10.2 Å². The Morgan fingerprint density at radius 3 is 2.65 bits per heavy atom. The van der Waals surface area contributed by atoms with Crippen LogP contribution in [0.1, 0.15) is 23.2 Å². The normalized spacial score (nSPS) is 18.8. The van der Waals surface area contributed by atoms with Crippen molar-refractivity contribution < 1.29 is 14.3 Å². The number of amides is 1. The Balaban J connectivity index is 1.72. The van der Waals surface area contributed by atoms with E-state index < -0.39 is 11.9 Å². The molecule has 26 heavy (non-hydrogen) atoms. The summed E-state index contributed by atoms with van der Waals surface area (Å²) in [6.07, 6.45) is 1.51. The molecule has 1 aliphatic rings. The highest BCUT2D eigenvalue weighted by Crippen LogP contribution is 2.30. The van der Waals surface area contributed by atoms with Crippen LogP contribution in [0.4, 0.5) is 21.8 Å². The van der Waals surface area contributed by atoms with Crippen LogP contribution in [0.2, 0.25) is 0 Å². The molecule has 9 heteroatoms. The maximum absolute atomic E-state index is 13.5. The van der Waals surface area contributed by atoms with Crippen LogP contribution >= 0.6 is 0 Å². The van der Waals surface area contributed by atoms with Crippen LogP contribution < -0.4 is 15.5 Å². The lowest BCUT2D eigenvalue weighted by molar-refractivity contribution is 0.102. The first-order chi connectivity index (χ1) is 12.5. The van der Waals surface area contributed by atoms with Crippen LogP contribution in [0, 0.1) is 11.9 Å². The zero-order valence-corrected chi connectivity index (χ0v) is 14.6. The lowest BCUT2D eigenvalue weighted by Crippen LogP contribution is -2.38. The molecular weight excluding hydrogens is 339 g/mol. The minimum atomic E-state index is -0.669. The number of aromatic nitrogens is 3. The fourth-order valence-corrected chi connectivity index (χ4v) is 2.74. The molecule has 0 spiro atoms. The summed E-state index contributed by atoms with van der Waals surface area (Å²) in [5, 5.41) is 22.8. The number of pyridine rings is 1. The Morgan fingerprint density at radius 2 is 2.04 bits per heavy atom. The number of halogens is 1. The molecule has 3 N–H and O–H groups in total. The number of anilines is 3. The summed E-state index contributed by atoms with van der Waals surface area (Å²) in [6.45, 7) is 0.129. The summed E-state index contributed by atoms with van der Waals surface area (Å²) < 4.78 is 13.5. The Kier molecular flexibility index (Phi) is 5.27. The first kappa shape index (κ1) is 18.0. The molecule has 1 aliphatic carbocycles. The monoisotopic (exact) mass is 360 g/mol. The van der Waals surface area contributed by atoms with Gasteiger partial charge in [0.05, 0.1) is 5.56 Å². The molecule has 0 unspecified atom stereocenters. The van der Waals surface area contributed by atoms with Gasteiger partial charge in [-0.25, -0.2) is 4.98 Å². The van der Waals surface area contributed by atoms with Crippen LogP contribution in [-0.2, 0) is 0 Å². The van der Waals surface area contributed by atoms with E-state index in [1.54, 1.807) is 17.0 Å². The van der Waals surface area contributed by atoms with E-state index in [-0.39, 0.29) is 29.9 Å². The molecule has 1 fully saturated rings. The number of aliphatic hydroxyl groups excluding tert-OH is 1. The number of hydrogen-bond acceptors (Lipinski definition) is 7. The molecule has 0 aromatic carbocycles. The fraction of sp³-hybridized carbons (Fsp3) is 0.412. The van der Waals surface area contributed by atoms with Gasteiger partial charge in [0.15, 0.2) is 11.6 Å². The molecule has 0 bridgehead atoms. The third-order valence-corrected chi connectivity index (χ3v) is 4.29. The molecule has 138 valence electrons. The molecule has 2 aromatic rings. The smallest absolute Gasteiger partial charge is 0.260 e. The van der Waals surface area contributed by atoms with E-state index in [1.807, 2.05) is 14.1 Å². The third-order valence-electron chi connectivity index (χ3n) is 4.29. The SMILES string of the molecule is CN(C)c1ccc(NC(=O)c2ccc(F)nc2NC2CC(CO)C2)nn1. The largest absolute Gasteiger partial charge is 0.396 e. The minimum absolute atomic E-state index is 0.0622. The van der Waals surface area contributed by atoms with E-state index in [2.05, 4.69) is 25.8 Å². The summed E-state index contributed by atoms with van der Waals surface area (Å²) in [5.41, 5.74) is 0.220. The van der Waals surface area contributed by atoms with E-state index in [4.69, 9.17) is 5.11 Å². The number of carbonyl (C=O) groups excluding carboxylic acids is 1. The van der Waals surface area contributed by atoms with Crippen molar-refractivity contribution in [1.82, 2.24) is 15.2 Å². The summed E-state index contributed by atoms with van der Waals surface area (Å²) in [4.78, 5) is 18.1. The number of nitrogens with zero attached hydrogens (tertiary/aromatic N) is 4. The van der Waals surface area contributed by atoms with Crippen LogP contribution in [0.15, 0.2) is 24.3 Å². The second-order valence-electron chi connectivity index (χ2n) is 6.52. The van der Waals surface area contributed by atoms with Crippen molar-refractivity contribution in [2.24, 2.45) is 5.92 Å². The highest BCUT2D eigenvalue weighted by molar-refractivity contribution is 6.07. The van der Waals surface area contributed by atoms with E-state index in [0.717, 1.165) is 18.9 Å². The Bertz CT molecular complexity index is 777. The number of hydrogen-bond donors (Lipinski definition) is 3. The number of carbonyl (C=O) groups is 1. The average molecular weight is 360 g/mol. The van der Waals surface area contributed by atoms with Gasteiger partial charge in [0.1, 0.15) is 5.82 Å². The van der Waals surface area contributed by atoms with Crippen molar-refractivity contribution in [2.75, 3.05) is 36.2 Å². The van der Waals surface area contributed by atoms with Gasteiger partial charge in [0, 0.05) is 26.7 Å². The topological polar surface area (TPSA) is 103 Å². The molecule has 2 aromatic heterocycles. The molecule has 0 aliphatic heterocycles. The Labute approximate surface area is 150 Å². The summed E-state index contributed by atoms with van der Waals surface area (Å²) in [5.74, 6) is 0.254. The highest BCUT2D eigenvalue weighted by Gasteiger charge is 2.29. The van der Waals surface area contributed by atoms with Crippen LogP contribution in [0.5, 0.6) is 0 Å². The quantitative estimate of drug-likeness (QED) is 0.671. The van der Waals surface area contributed by atoms with Crippen molar-refractivity contribution in [2.45, 2.75) is 18.9 Å². The molecule has 0 radical (unpaired) electrons. The van der Waals surface area contributed by atoms with Gasteiger partial charge in [-0.1, -0.05) is 0 Å². The first-order valence-electron chi connectivity index (χ1n) is 8.32. The first-order valence-corrected chi connectivity index (χ1v) is 8.32. The molecule has 0 saturated heterocycles. The molecule has 2 heterocycles. The van der Waals surface area contributed by atoms with Gasteiger partial charge in [-0.3, -0.25) is 4.79 Å². The maximum atomic E-state index is 13.5. The van der Waals surface area contributed by atoms with E-state index >= 15 is 0 Å². The number of nitrogens with one attached hydrogen (secondary N) is 2. The van der Waals surface area contributed by atoms with Crippen LogP contribution in [0.25, 0.3) is 0 Å². The molecular formula is C17H21FN6O2. The fourth-order valence-electron chi connectivity index (χ4n) is 2.74. The zero-order valence-electron chi connectivity index (χ0n) is 14.6. The molecule has 1 saturated carbocycles. The molecule has 8 nitrogen and oxygen atoms in total. The van der Waals surface area contributed by atoms with E-state index in [1.165, 1.54) is 6.07 Å². The van der Waals surface area contributed by atoms with Crippen molar-refractivity contribution in [3.63, 3.8) is 0 Å². The summed E-state index contributed by atoms with van der Waals surface area (Å²) >= 11 is 0. The average Bonchev–Trinajstić information content (AvgIpc) is 2.58. The number of rotatable bonds is 6. The summed E-state index contributed by atoms with van der Waals surface area (Å²) in [6, 6.07) is 5.95. The number of aliphatic hydroxyl groups is 1. The van der Waals surface area contributed by atoms with Gasteiger partial charge >= 0.3 is 0 Å². The Hall–Kier alpha value is -2.81. The van der Waals surface area contributed by atoms with Gasteiger partial charge in [-0.2, -0.15) is 4.39 Å². The van der Waals surface area contributed by atoms with Gasteiger partial charge in [-0.05, 0) is 43.0 Å². The minimum Gasteiger partial charge on any atom is -0.396 e. The van der Waals surface area contributed by atoms with Gasteiger partial charge < -0.3 is 20.6 Å². The van der Waals surface area contributed by atoms with Crippen molar-refractivity contribution in [3.05, 3.63) is 35.8 Å². The van der Waals surface area contributed by atoms with Gasteiger partial charge in [0.2, 0.25) is 5.95 Å². The second-order valence-corrected chi connectivity index (χ2v) is 6.52. The predicted octanol–water partition coefficient (Wildman–Crippen LogP) is 1.51. The molecule has 3 rings (SSSR count). The van der Waals surface area contributed by atoms with Crippen LogP contribution in [0.3, 0.4) is 0 Å². The highest BCUT2D eigenvalue weighted by atomic mass is 19.1. The van der Waals surface area contributed by atoms with Crippen LogP contribution in [-0.4, -0.2) is 52.9 Å². The summed E-state index contributed by atoms with van der Waals surface area (Å²) in [7, 11) is 3.68. The Morgan fingerprint density at radius 1 is 1.27 bits per heavy atom. The third kappa shape index (κ3) is 4.05. The van der Waals surface area contributed by atoms with E-state index in [9.17, 15) is 9.18 Å². The van der Waals surface area contributed by atoms with E-state index in [0.29, 0.717) is 11.6 Å². The van der Waals surface area contributed by atoms with Gasteiger partial charge in [0.25, 0.3) is 5.91 Å². The van der Waals surface area contributed by atoms with Crippen molar-refractivity contribution in [1.29, 1.82) is 0 Å². The lowest BCUT2D eigenvalue weighted by atomic mass is 9.81. The standard InChI is InChI=1S/C17H21FN6O2/c1-24(2)15-6-5-14(22-23-15)21-17(26)12-3-4-13(18)20-16(12)19-11-7-10(8-11)9-25/h3-6,10-11,25H,7-9H2,1-2H3,(H,19,20)(H,21,22,26). The lowest BCUT2D eigenvalue weighted by Gasteiger charge is -2.35. The van der Waals surface area contributed by atoms with Crippen molar-refractivity contribution in [3.8, 4) is 0 Å². The maximum Gasteiger partial charge on any atom is 0.260 e. The van der Waals surface area contributed by atoms with Crippen molar-refractivity contribution >= 4 is 23.4 Å². The zero-order chi connectivity index (χ0) is 18.7. The molecule has 1 amide bonds. The second kappa shape index (κ2) is 7.61. The molecule has 0 atom stereocenters.